The molecule has 62 heavy (non-hydrogen) atoms. The fraction of sp³-hybridized carbons (Fsp3) is 0.840. The van der Waals surface area contributed by atoms with Gasteiger partial charge in [-0.25, -0.2) is 0 Å². The van der Waals surface area contributed by atoms with Gasteiger partial charge in [-0.2, -0.15) is 0 Å². The summed E-state index contributed by atoms with van der Waals surface area (Å²) in [6, 6.07) is 0. The summed E-state index contributed by atoms with van der Waals surface area (Å²) in [6.07, 6.45) is 17.0. The zero-order valence-corrected chi connectivity index (χ0v) is 41.4. The van der Waals surface area contributed by atoms with Gasteiger partial charge >= 0.3 is 0 Å². The van der Waals surface area contributed by atoms with Gasteiger partial charge in [-0.15, -0.1) is 0 Å². The predicted molar refractivity (Wildman–Crippen MR) is 246 cm³/mol. The highest BCUT2D eigenvalue weighted by Gasteiger charge is 2.49. The number of aliphatic hydroxyl groups is 3. The first kappa shape index (κ1) is 56.6. The van der Waals surface area contributed by atoms with Gasteiger partial charge in [0.2, 0.25) is 0 Å². The zero-order chi connectivity index (χ0) is 46.7. The van der Waals surface area contributed by atoms with E-state index in [-0.39, 0.29) is 79.2 Å². The Morgan fingerprint density at radius 3 is 1.42 bits per heavy atom. The van der Waals surface area contributed by atoms with Crippen molar-refractivity contribution in [1.82, 2.24) is 0 Å². The first-order valence-corrected chi connectivity index (χ1v) is 23.2. The van der Waals surface area contributed by atoms with Crippen LogP contribution in [0, 0.1) is 47.3 Å². The fourth-order valence-corrected chi connectivity index (χ4v) is 10.0. The highest BCUT2D eigenvalue weighted by atomic mass is 16.7. The SMILES string of the molecule is CCC(OC)C(C)C1CC1C(O)C(C)/C=C/C=C(\C)C1OCCC(OC)C1OC.CCC(OC)C(C)C1CC1C(O)C(C)/C=C/C=C(\C)C1O[C@@H](OC)CC(OC)[C@H]1OC.CO. The van der Waals surface area contributed by atoms with Gasteiger partial charge in [-0.3, -0.25) is 0 Å². The van der Waals surface area contributed by atoms with Gasteiger partial charge in [0, 0.05) is 75.1 Å². The fourth-order valence-electron chi connectivity index (χ4n) is 10.0. The second-order valence-corrected chi connectivity index (χ2v) is 18.0. The van der Waals surface area contributed by atoms with E-state index >= 15 is 0 Å². The van der Waals surface area contributed by atoms with E-state index in [1.54, 1.807) is 49.8 Å². The van der Waals surface area contributed by atoms with E-state index in [9.17, 15) is 10.2 Å². The summed E-state index contributed by atoms with van der Waals surface area (Å²) < 4.78 is 51.1. The number of ether oxygens (including phenoxy) is 9. The third kappa shape index (κ3) is 15.8. The molecule has 0 aromatic heterocycles. The largest absolute Gasteiger partial charge is 0.400 e. The van der Waals surface area contributed by atoms with Gasteiger partial charge in [0.05, 0.1) is 43.2 Å². The molecule has 2 saturated heterocycles. The number of allylic oxidation sites excluding steroid dienone is 4. The summed E-state index contributed by atoms with van der Waals surface area (Å²) in [6.45, 7) is 17.8. The molecule has 362 valence electrons. The van der Waals surface area contributed by atoms with Gasteiger partial charge in [-0.1, -0.05) is 78.0 Å². The van der Waals surface area contributed by atoms with Crippen molar-refractivity contribution >= 4 is 0 Å². The van der Waals surface area contributed by atoms with Crippen LogP contribution >= 0.6 is 0 Å². The minimum atomic E-state index is -0.333. The molecule has 2 heterocycles. The number of hydrogen-bond acceptors (Lipinski definition) is 12. The topological polar surface area (TPSA) is 144 Å². The molecule has 0 aromatic carbocycles. The maximum Gasteiger partial charge on any atom is 0.160 e. The van der Waals surface area contributed by atoms with Crippen LogP contribution in [-0.4, -0.2) is 146 Å². The molecule has 3 N–H and O–H groups in total. The lowest BCUT2D eigenvalue weighted by molar-refractivity contribution is -0.241. The maximum absolute atomic E-state index is 10.8. The van der Waals surface area contributed by atoms with Crippen LogP contribution in [0.15, 0.2) is 47.6 Å². The van der Waals surface area contributed by atoms with Gasteiger partial charge in [-0.05, 0) is 92.6 Å². The van der Waals surface area contributed by atoms with Crippen LogP contribution in [0.5, 0.6) is 0 Å². The van der Waals surface area contributed by atoms with Crippen LogP contribution < -0.4 is 0 Å². The molecule has 12 nitrogen and oxygen atoms in total. The van der Waals surface area contributed by atoms with Crippen LogP contribution in [0.1, 0.15) is 93.9 Å². The Bertz CT molecular complexity index is 1330. The van der Waals surface area contributed by atoms with Gasteiger partial charge in [0.25, 0.3) is 0 Å². The minimum Gasteiger partial charge on any atom is -0.400 e. The Morgan fingerprint density at radius 1 is 0.597 bits per heavy atom. The number of hydrogen-bond donors (Lipinski definition) is 3. The van der Waals surface area contributed by atoms with Crippen molar-refractivity contribution < 1.29 is 58.0 Å². The Balaban J connectivity index is 0.000000411. The Kier molecular flexibility index (Phi) is 26.7. The molecule has 0 bridgehead atoms. The lowest BCUT2D eigenvalue weighted by atomic mass is 9.91. The third-order valence-corrected chi connectivity index (χ3v) is 14.3. The third-order valence-electron chi connectivity index (χ3n) is 14.3. The van der Waals surface area contributed by atoms with E-state index in [1.165, 1.54) is 0 Å². The predicted octanol–water partition coefficient (Wildman–Crippen LogP) is 7.59. The lowest BCUT2D eigenvalue weighted by Crippen LogP contribution is -2.51. The number of aliphatic hydroxyl groups excluding tert-OH is 3. The smallest absolute Gasteiger partial charge is 0.160 e. The van der Waals surface area contributed by atoms with Crippen LogP contribution in [-0.2, 0) is 42.6 Å². The van der Waals surface area contributed by atoms with E-state index in [2.05, 4.69) is 66.7 Å². The highest BCUT2D eigenvalue weighted by Crippen LogP contribution is 2.51. The number of rotatable bonds is 23. The monoisotopic (exact) mass is 883 g/mol. The zero-order valence-electron chi connectivity index (χ0n) is 41.4. The summed E-state index contributed by atoms with van der Waals surface area (Å²) in [4.78, 5) is 0. The molecule has 0 aromatic rings. The van der Waals surface area contributed by atoms with Crippen LogP contribution in [0.2, 0.25) is 0 Å². The molecule has 4 rings (SSSR count). The maximum atomic E-state index is 10.8. The molecule has 2 aliphatic heterocycles. The van der Waals surface area contributed by atoms with Crippen LogP contribution in [0.4, 0.5) is 0 Å². The normalized spacial score (nSPS) is 34.2. The molecule has 0 amide bonds. The average Bonchev–Trinajstić information content (AvgIpc) is 4.24. The Morgan fingerprint density at radius 2 is 1.03 bits per heavy atom. The van der Waals surface area contributed by atoms with Gasteiger partial charge in [0.1, 0.15) is 24.4 Å². The molecule has 17 unspecified atom stereocenters. The molecule has 2 saturated carbocycles. The standard InChI is InChI=1S/C25H44O6.C24H42O5.CH4O/c1-9-20(27-5)17(4)18-13-19(18)23(26)15(2)11-10-12-16(3)24-25(30-8)21(28-6)14-22(29-7)31-24;1-8-20(26-5)17(4)18-14-19(18)22(25)15(2)10-9-11-16(3)23-24(28-7)21(27-6)12-13-29-23;1-2/h10-12,15,17-26H,9,13-14H2,1-8H3;9-11,15,17-25H,8,12-14H2,1-7H3;2H,1H3/b11-10+,16-12+;10-9+,16-11+;/t15?,17?,18?,19?,20?,21?,22-,23?,24?,25-;;/m1../s1. The highest BCUT2D eigenvalue weighted by molar-refractivity contribution is 5.20. The lowest BCUT2D eigenvalue weighted by Gasteiger charge is -2.40. The minimum absolute atomic E-state index is 0.0552. The summed E-state index contributed by atoms with van der Waals surface area (Å²) in [7, 11) is 13.0. The molecule has 0 radical (unpaired) electrons. The summed E-state index contributed by atoms with van der Waals surface area (Å²) in [5.74, 6) is 3.00. The van der Waals surface area contributed by atoms with Gasteiger partial charge < -0.3 is 58.0 Å². The second-order valence-electron chi connectivity index (χ2n) is 18.0. The summed E-state index contributed by atoms with van der Waals surface area (Å²) in [5, 5.41) is 28.6. The molecule has 19 atom stereocenters. The van der Waals surface area contributed by atoms with Crippen molar-refractivity contribution in [3.8, 4) is 0 Å². The molecule has 12 heteroatoms. The van der Waals surface area contributed by atoms with E-state index in [4.69, 9.17) is 47.7 Å². The van der Waals surface area contributed by atoms with Crippen molar-refractivity contribution in [1.29, 1.82) is 0 Å². The van der Waals surface area contributed by atoms with E-state index in [0.29, 0.717) is 48.5 Å². The quantitative estimate of drug-likeness (QED) is 0.0871. The molecular weight excluding hydrogens is 793 g/mol. The van der Waals surface area contributed by atoms with Crippen molar-refractivity contribution in [3.05, 3.63) is 47.6 Å². The number of methoxy groups -OCH3 is 7. The van der Waals surface area contributed by atoms with Crippen molar-refractivity contribution in [2.45, 2.75) is 161 Å². The summed E-state index contributed by atoms with van der Waals surface area (Å²) >= 11 is 0. The van der Waals surface area contributed by atoms with Crippen LogP contribution in [0.3, 0.4) is 0 Å². The molecule has 2 aliphatic carbocycles. The average molecular weight is 883 g/mol. The van der Waals surface area contributed by atoms with E-state index in [0.717, 1.165) is 50.4 Å². The Labute approximate surface area is 376 Å². The van der Waals surface area contributed by atoms with E-state index in [1.807, 2.05) is 25.2 Å². The van der Waals surface area contributed by atoms with Gasteiger partial charge in [0.15, 0.2) is 6.29 Å². The van der Waals surface area contributed by atoms with Crippen molar-refractivity contribution in [3.63, 3.8) is 0 Å². The van der Waals surface area contributed by atoms with Crippen molar-refractivity contribution in [2.24, 2.45) is 47.3 Å². The molecule has 4 fully saturated rings. The molecule has 4 aliphatic rings. The van der Waals surface area contributed by atoms with Crippen molar-refractivity contribution in [2.75, 3.05) is 63.5 Å². The Hall–Kier alpha value is -1.52. The first-order valence-electron chi connectivity index (χ1n) is 23.2. The summed E-state index contributed by atoms with van der Waals surface area (Å²) in [5.41, 5.74) is 2.15. The molecule has 0 spiro atoms. The second kappa shape index (κ2) is 29.2. The molecular formula is C50H90O12. The first-order chi connectivity index (χ1) is 29.7. The van der Waals surface area contributed by atoms with E-state index < -0.39 is 0 Å². The van der Waals surface area contributed by atoms with Crippen LogP contribution in [0.25, 0.3) is 0 Å².